The zero-order valence-corrected chi connectivity index (χ0v) is 13.0. The van der Waals surface area contributed by atoms with Gasteiger partial charge in [0.15, 0.2) is 11.6 Å². The molecule has 0 spiro atoms. The molecule has 21 heavy (non-hydrogen) atoms. The van der Waals surface area contributed by atoms with E-state index in [1.54, 1.807) is 6.07 Å². The van der Waals surface area contributed by atoms with Crippen LogP contribution in [0.15, 0.2) is 42.5 Å². The van der Waals surface area contributed by atoms with Crippen LogP contribution in [0.4, 0.5) is 4.39 Å². The second kappa shape index (κ2) is 6.72. The van der Waals surface area contributed by atoms with E-state index >= 15 is 0 Å². The minimum absolute atomic E-state index is 0.0355. The summed E-state index contributed by atoms with van der Waals surface area (Å²) in [7, 11) is 3.35. The number of halogens is 1. The molecule has 2 aromatic carbocycles. The third-order valence-corrected chi connectivity index (χ3v) is 3.73. The lowest BCUT2D eigenvalue weighted by atomic mass is 9.95. The summed E-state index contributed by atoms with van der Waals surface area (Å²) in [5, 5.41) is 3.24. The van der Waals surface area contributed by atoms with E-state index in [0.29, 0.717) is 5.92 Å². The lowest BCUT2D eigenvalue weighted by molar-refractivity contribution is 0.386. The summed E-state index contributed by atoms with van der Waals surface area (Å²) in [5.74, 6) is 0.434. The van der Waals surface area contributed by atoms with Crippen molar-refractivity contribution in [2.24, 2.45) is 0 Å². The molecule has 0 amide bonds. The van der Waals surface area contributed by atoms with Crippen LogP contribution in [-0.2, 0) is 0 Å². The first-order valence-corrected chi connectivity index (χ1v) is 7.17. The van der Waals surface area contributed by atoms with Gasteiger partial charge in [0.1, 0.15) is 0 Å². The van der Waals surface area contributed by atoms with Crippen LogP contribution in [0.2, 0.25) is 0 Å². The van der Waals surface area contributed by atoms with Crippen LogP contribution < -0.4 is 10.1 Å². The summed E-state index contributed by atoms with van der Waals surface area (Å²) in [6, 6.07) is 13.5. The molecule has 0 fully saturated rings. The van der Waals surface area contributed by atoms with Gasteiger partial charge in [-0.1, -0.05) is 44.2 Å². The molecule has 1 unspecified atom stereocenters. The number of benzene rings is 2. The fourth-order valence-electron chi connectivity index (χ4n) is 2.46. The Bertz CT molecular complexity index is 593. The summed E-state index contributed by atoms with van der Waals surface area (Å²) < 4.78 is 18.8. The third kappa shape index (κ3) is 3.42. The number of methoxy groups -OCH3 is 1. The zero-order valence-electron chi connectivity index (χ0n) is 13.0. The van der Waals surface area contributed by atoms with E-state index in [2.05, 4.69) is 43.4 Å². The molecule has 0 aliphatic heterocycles. The second-order valence-electron chi connectivity index (χ2n) is 5.44. The Balaban J connectivity index is 2.32. The van der Waals surface area contributed by atoms with E-state index < -0.39 is 0 Å². The predicted molar refractivity (Wildman–Crippen MR) is 84.4 cm³/mol. The Morgan fingerprint density at radius 3 is 2.00 bits per heavy atom. The Hall–Kier alpha value is -1.87. The first-order chi connectivity index (χ1) is 10.1. The highest BCUT2D eigenvalue weighted by Gasteiger charge is 2.14. The molecule has 2 rings (SSSR count). The first kappa shape index (κ1) is 15.5. The van der Waals surface area contributed by atoms with Crippen LogP contribution in [0.5, 0.6) is 5.75 Å². The molecule has 0 aromatic heterocycles. The average molecular weight is 287 g/mol. The largest absolute Gasteiger partial charge is 0.494 e. The van der Waals surface area contributed by atoms with Gasteiger partial charge in [-0.05, 0) is 41.8 Å². The molecular formula is C18H22FNO. The van der Waals surface area contributed by atoms with Crippen LogP contribution in [-0.4, -0.2) is 14.2 Å². The van der Waals surface area contributed by atoms with Crippen molar-refractivity contribution in [3.8, 4) is 5.75 Å². The minimum Gasteiger partial charge on any atom is -0.494 e. The highest BCUT2D eigenvalue weighted by atomic mass is 19.1. The van der Waals surface area contributed by atoms with Crippen molar-refractivity contribution in [2.45, 2.75) is 25.8 Å². The van der Waals surface area contributed by atoms with Gasteiger partial charge in [0.05, 0.1) is 13.2 Å². The standard InChI is InChI=1S/C18H22FNO/c1-12(2)13-5-7-14(8-6-13)18(20-3)15-9-10-17(21-4)16(19)11-15/h5-12,18,20H,1-4H3. The van der Waals surface area contributed by atoms with Gasteiger partial charge >= 0.3 is 0 Å². The lowest BCUT2D eigenvalue weighted by Gasteiger charge is -2.19. The molecule has 2 aromatic rings. The summed E-state index contributed by atoms with van der Waals surface area (Å²) in [5.41, 5.74) is 3.30. The van der Waals surface area contributed by atoms with E-state index in [9.17, 15) is 4.39 Å². The molecule has 112 valence electrons. The Labute approximate surface area is 126 Å². The maximum atomic E-state index is 13.9. The van der Waals surface area contributed by atoms with Gasteiger partial charge in [-0.15, -0.1) is 0 Å². The number of rotatable bonds is 5. The van der Waals surface area contributed by atoms with Gasteiger partial charge in [0.25, 0.3) is 0 Å². The maximum Gasteiger partial charge on any atom is 0.165 e. The molecule has 0 aliphatic rings. The topological polar surface area (TPSA) is 21.3 Å². The second-order valence-corrected chi connectivity index (χ2v) is 5.44. The van der Waals surface area contributed by atoms with Crippen LogP contribution in [0.1, 0.15) is 42.5 Å². The molecule has 2 nitrogen and oxygen atoms in total. The molecule has 0 saturated carbocycles. The molecule has 1 atom stereocenters. The minimum atomic E-state index is -0.339. The van der Waals surface area contributed by atoms with Crippen LogP contribution >= 0.6 is 0 Å². The van der Waals surface area contributed by atoms with E-state index in [4.69, 9.17) is 4.74 Å². The van der Waals surface area contributed by atoms with E-state index in [1.807, 2.05) is 13.1 Å². The van der Waals surface area contributed by atoms with Crippen molar-refractivity contribution < 1.29 is 9.13 Å². The third-order valence-electron chi connectivity index (χ3n) is 3.73. The number of hydrogen-bond acceptors (Lipinski definition) is 2. The Morgan fingerprint density at radius 2 is 1.52 bits per heavy atom. The van der Waals surface area contributed by atoms with Crippen LogP contribution in [0.3, 0.4) is 0 Å². The van der Waals surface area contributed by atoms with Gasteiger partial charge in [0, 0.05) is 0 Å². The van der Waals surface area contributed by atoms with E-state index in [0.717, 1.165) is 11.1 Å². The number of nitrogens with one attached hydrogen (secondary N) is 1. The van der Waals surface area contributed by atoms with Crippen LogP contribution in [0, 0.1) is 5.82 Å². The monoisotopic (exact) mass is 287 g/mol. The van der Waals surface area contributed by atoms with Gasteiger partial charge in [0.2, 0.25) is 0 Å². The Morgan fingerprint density at radius 1 is 0.952 bits per heavy atom. The smallest absolute Gasteiger partial charge is 0.165 e. The quantitative estimate of drug-likeness (QED) is 0.887. The van der Waals surface area contributed by atoms with Crippen LogP contribution in [0.25, 0.3) is 0 Å². The Kier molecular flexibility index (Phi) is 4.97. The highest BCUT2D eigenvalue weighted by Crippen LogP contribution is 2.27. The SMILES string of the molecule is CNC(c1ccc(C(C)C)cc1)c1ccc(OC)c(F)c1. The summed E-state index contributed by atoms with van der Waals surface area (Å²) >= 11 is 0. The molecule has 0 heterocycles. The molecular weight excluding hydrogens is 265 g/mol. The molecule has 0 radical (unpaired) electrons. The molecule has 1 N–H and O–H groups in total. The van der Waals surface area contributed by atoms with Gasteiger partial charge < -0.3 is 10.1 Å². The first-order valence-electron chi connectivity index (χ1n) is 7.17. The van der Waals surface area contributed by atoms with Crippen molar-refractivity contribution in [3.63, 3.8) is 0 Å². The van der Waals surface area contributed by atoms with Crippen molar-refractivity contribution in [3.05, 3.63) is 65.0 Å². The van der Waals surface area contributed by atoms with Crippen molar-refractivity contribution >= 4 is 0 Å². The average Bonchev–Trinajstić information content (AvgIpc) is 2.49. The number of hydrogen-bond donors (Lipinski definition) is 1. The lowest BCUT2D eigenvalue weighted by Crippen LogP contribution is -2.18. The zero-order chi connectivity index (χ0) is 15.4. The molecule has 0 aliphatic carbocycles. The predicted octanol–water partition coefficient (Wildman–Crippen LogP) is 4.27. The highest BCUT2D eigenvalue weighted by molar-refractivity contribution is 5.37. The fraction of sp³-hybridized carbons (Fsp3) is 0.333. The molecule has 0 saturated heterocycles. The van der Waals surface area contributed by atoms with Crippen molar-refractivity contribution in [1.82, 2.24) is 5.32 Å². The normalized spacial score (nSPS) is 12.5. The summed E-state index contributed by atoms with van der Waals surface area (Å²) in [6.07, 6.45) is 0. The van der Waals surface area contributed by atoms with Crippen molar-refractivity contribution in [1.29, 1.82) is 0 Å². The summed E-state index contributed by atoms with van der Waals surface area (Å²) in [4.78, 5) is 0. The van der Waals surface area contributed by atoms with E-state index in [1.165, 1.54) is 18.7 Å². The molecule has 3 heteroatoms. The molecule has 0 bridgehead atoms. The fourth-order valence-corrected chi connectivity index (χ4v) is 2.46. The van der Waals surface area contributed by atoms with E-state index in [-0.39, 0.29) is 17.6 Å². The number of ether oxygens (including phenoxy) is 1. The van der Waals surface area contributed by atoms with Gasteiger partial charge in [-0.3, -0.25) is 0 Å². The summed E-state index contributed by atoms with van der Waals surface area (Å²) in [6.45, 7) is 4.34. The van der Waals surface area contributed by atoms with Gasteiger partial charge in [-0.25, -0.2) is 4.39 Å². The van der Waals surface area contributed by atoms with Gasteiger partial charge in [-0.2, -0.15) is 0 Å². The maximum absolute atomic E-state index is 13.9. The van der Waals surface area contributed by atoms with Crippen molar-refractivity contribution in [2.75, 3.05) is 14.2 Å².